The summed E-state index contributed by atoms with van der Waals surface area (Å²) < 4.78 is 35.1. The van der Waals surface area contributed by atoms with Gasteiger partial charge in [0, 0.05) is 0 Å². The van der Waals surface area contributed by atoms with Crippen LogP contribution in [-0.4, -0.2) is 44.7 Å². The van der Waals surface area contributed by atoms with Crippen molar-refractivity contribution in [1.29, 1.82) is 0 Å². The quantitative estimate of drug-likeness (QED) is 0.726. The number of esters is 1. The molecular weight excluding hydrogens is 292 g/mol. The summed E-state index contributed by atoms with van der Waals surface area (Å²) in [7, 11) is -2.02. The minimum Gasteiger partial charge on any atom is -0.469 e. The second-order valence-corrected chi connectivity index (χ2v) is 8.68. The van der Waals surface area contributed by atoms with Crippen molar-refractivity contribution in [3.63, 3.8) is 0 Å². The third-order valence-electron chi connectivity index (χ3n) is 4.65. The maximum Gasteiger partial charge on any atom is 0.309 e. The fraction of sp³-hybridized carbons (Fsp3) is 0.933. The van der Waals surface area contributed by atoms with Gasteiger partial charge in [0.05, 0.1) is 36.2 Å². The van der Waals surface area contributed by atoms with Crippen LogP contribution in [0.4, 0.5) is 0 Å². The van der Waals surface area contributed by atoms with Crippen LogP contribution in [0.1, 0.15) is 51.9 Å². The molecule has 1 spiro atoms. The number of hydrogen-bond acceptors (Lipinski definition) is 5. The summed E-state index contributed by atoms with van der Waals surface area (Å²) in [6.45, 7) is 1.58. The molecule has 1 aliphatic carbocycles. The summed E-state index contributed by atoms with van der Waals surface area (Å²) in [6, 6.07) is 0. The molecule has 1 heterocycles. The molecule has 21 heavy (non-hydrogen) atoms. The normalized spacial score (nSPS) is 26.7. The first-order valence-electron chi connectivity index (χ1n) is 7.82. The van der Waals surface area contributed by atoms with Crippen LogP contribution in [0.5, 0.6) is 0 Å². The van der Waals surface area contributed by atoms with Crippen molar-refractivity contribution in [3.05, 3.63) is 0 Å². The van der Waals surface area contributed by atoms with E-state index in [0.717, 1.165) is 25.7 Å². The van der Waals surface area contributed by atoms with E-state index >= 15 is 0 Å². The number of methoxy groups -OCH3 is 1. The fourth-order valence-corrected chi connectivity index (χ4v) is 5.41. The summed E-state index contributed by atoms with van der Waals surface area (Å²) in [5.74, 6) is -1.23. The van der Waals surface area contributed by atoms with Crippen molar-refractivity contribution in [3.8, 4) is 0 Å². The van der Waals surface area contributed by atoms with Crippen LogP contribution in [-0.2, 0) is 24.1 Å². The Morgan fingerprint density at radius 2 is 1.95 bits per heavy atom. The van der Waals surface area contributed by atoms with E-state index in [1.807, 2.05) is 0 Å². The van der Waals surface area contributed by atoms with Gasteiger partial charge in [-0.1, -0.05) is 26.2 Å². The Kier molecular flexibility index (Phi) is 5.30. The Hall–Kier alpha value is -0.620. The predicted molar refractivity (Wildman–Crippen MR) is 79.8 cm³/mol. The third kappa shape index (κ3) is 4.42. The van der Waals surface area contributed by atoms with Gasteiger partial charge in [0.2, 0.25) is 0 Å². The van der Waals surface area contributed by atoms with Gasteiger partial charge < -0.3 is 9.47 Å². The summed E-state index contributed by atoms with van der Waals surface area (Å²) in [6.07, 6.45) is 7.30. The van der Waals surface area contributed by atoms with Gasteiger partial charge in [0.15, 0.2) is 9.84 Å². The molecule has 0 N–H and O–H groups in total. The van der Waals surface area contributed by atoms with Crippen LogP contribution in [0.25, 0.3) is 0 Å². The second kappa shape index (κ2) is 6.65. The van der Waals surface area contributed by atoms with E-state index in [0.29, 0.717) is 0 Å². The van der Waals surface area contributed by atoms with Gasteiger partial charge in [0.1, 0.15) is 0 Å². The average molecular weight is 318 g/mol. The van der Waals surface area contributed by atoms with Crippen molar-refractivity contribution >= 4 is 15.8 Å². The molecule has 122 valence electrons. The Labute approximate surface area is 127 Å². The standard InChI is InChI=1S/C15H26O5S/c1-12(14(16)19-2)10-21(17,18)11-13-6-9-15(20-13)7-4-3-5-8-15/h12-13H,3-11H2,1-2H3. The zero-order valence-electron chi connectivity index (χ0n) is 13.0. The van der Waals surface area contributed by atoms with Crippen LogP contribution in [0.15, 0.2) is 0 Å². The summed E-state index contributed by atoms with van der Waals surface area (Å²) in [5.41, 5.74) is -0.0631. The van der Waals surface area contributed by atoms with Gasteiger partial charge in [-0.2, -0.15) is 0 Å². The second-order valence-electron chi connectivity index (χ2n) is 6.52. The van der Waals surface area contributed by atoms with E-state index in [9.17, 15) is 13.2 Å². The zero-order valence-corrected chi connectivity index (χ0v) is 13.8. The lowest BCUT2D eigenvalue weighted by Gasteiger charge is -2.33. The molecule has 0 bridgehead atoms. The topological polar surface area (TPSA) is 69.7 Å². The minimum atomic E-state index is -3.30. The maximum absolute atomic E-state index is 12.2. The maximum atomic E-state index is 12.2. The van der Waals surface area contributed by atoms with Crippen molar-refractivity contribution in [2.75, 3.05) is 18.6 Å². The zero-order chi connectivity index (χ0) is 15.5. The first-order valence-corrected chi connectivity index (χ1v) is 9.64. The molecule has 0 aromatic carbocycles. The van der Waals surface area contributed by atoms with E-state index in [2.05, 4.69) is 4.74 Å². The van der Waals surface area contributed by atoms with Crippen LogP contribution >= 0.6 is 0 Å². The van der Waals surface area contributed by atoms with E-state index < -0.39 is 21.7 Å². The molecule has 2 unspecified atom stereocenters. The minimum absolute atomic E-state index is 0.0239. The number of rotatable bonds is 5. The SMILES string of the molecule is COC(=O)C(C)CS(=O)(=O)CC1CCC2(CCCCC2)O1. The largest absolute Gasteiger partial charge is 0.469 e. The Bertz CT molecular complexity index is 464. The van der Waals surface area contributed by atoms with Crippen molar-refractivity contribution in [1.82, 2.24) is 0 Å². The molecule has 1 saturated carbocycles. The Morgan fingerprint density at radius 1 is 1.29 bits per heavy atom. The van der Waals surface area contributed by atoms with Crippen molar-refractivity contribution < 1.29 is 22.7 Å². The van der Waals surface area contributed by atoms with Crippen molar-refractivity contribution in [2.24, 2.45) is 5.92 Å². The summed E-state index contributed by atoms with van der Waals surface area (Å²) in [4.78, 5) is 11.4. The molecule has 2 aliphatic rings. The third-order valence-corrected chi connectivity index (χ3v) is 6.54. The first kappa shape index (κ1) is 16.7. The lowest BCUT2D eigenvalue weighted by Crippen LogP contribution is -2.34. The number of sulfone groups is 1. The molecular formula is C15H26O5S. The number of carbonyl (C=O) groups is 1. The number of ether oxygens (including phenoxy) is 2. The van der Waals surface area contributed by atoms with E-state index in [4.69, 9.17) is 4.74 Å². The lowest BCUT2D eigenvalue weighted by molar-refractivity contribution is -0.144. The number of carbonyl (C=O) groups excluding carboxylic acids is 1. The highest BCUT2D eigenvalue weighted by Crippen LogP contribution is 2.42. The predicted octanol–water partition coefficient (Wildman–Crippen LogP) is 2.09. The van der Waals surface area contributed by atoms with Crippen molar-refractivity contribution in [2.45, 2.75) is 63.6 Å². The van der Waals surface area contributed by atoms with Gasteiger partial charge in [-0.3, -0.25) is 4.79 Å². The van der Waals surface area contributed by atoms with Crippen LogP contribution in [0.3, 0.4) is 0 Å². The lowest BCUT2D eigenvalue weighted by atomic mass is 9.83. The number of hydrogen-bond donors (Lipinski definition) is 0. The molecule has 0 radical (unpaired) electrons. The average Bonchev–Trinajstić information content (AvgIpc) is 2.79. The van der Waals surface area contributed by atoms with Crippen LogP contribution < -0.4 is 0 Å². The molecule has 0 amide bonds. The highest BCUT2D eigenvalue weighted by atomic mass is 32.2. The molecule has 2 atom stereocenters. The molecule has 0 aromatic rings. The molecule has 6 heteroatoms. The van der Waals surface area contributed by atoms with E-state index in [1.54, 1.807) is 6.92 Å². The van der Waals surface area contributed by atoms with Gasteiger partial charge in [-0.25, -0.2) is 8.42 Å². The summed E-state index contributed by atoms with van der Waals surface area (Å²) >= 11 is 0. The van der Waals surface area contributed by atoms with Crippen LogP contribution in [0.2, 0.25) is 0 Å². The molecule has 1 saturated heterocycles. The van der Waals surface area contributed by atoms with E-state index in [-0.39, 0.29) is 23.2 Å². The van der Waals surface area contributed by atoms with Crippen LogP contribution in [0, 0.1) is 5.92 Å². The highest BCUT2D eigenvalue weighted by Gasteiger charge is 2.42. The first-order chi connectivity index (χ1) is 9.86. The molecule has 2 rings (SSSR count). The molecule has 0 aromatic heterocycles. The van der Waals surface area contributed by atoms with E-state index in [1.165, 1.54) is 26.4 Å². The van der Waals surface area contributed by atoms with Gasteiger partial charge in [0.25, 0.3) is 0 Å². The van der Waals surface area contributed by atoms with Gasteiger partial charge in [-0.15, -0.1) is 0 Å². The van der Waals surface area contributed by atoms with Gasteiger partial charge in [-0.05, 0) is 25.7 Å². The molecule has 5 nitrogen and oxygen atoms in total. The monoisotopic (exact) mass is 318 g/mol. The Balaban J connectivity index is 1.88. The van der Waals surface area contributed by atoms with Gasteiger partial charge >= 0.3 is 5.97 Å². The fourth-order valence-electron chi connectivity index (χ4n) is 3.58. The highest BCUT2D eigenvalue weighted by molar-refractivity contribution is 7.91. The smallest absolute Gasteiger partial charge is 0.309 e. The molecule has 2 fully saturated rings. The Morgan fingerprint density at radius 3 is 2.57 bits per heavy atom. The molecule has 1 aliphatic heterocycles. The summed E-state index contributed by atoms with van der Waals surface area (Å²) in [5, 5.41) is 0.